The number of para-hydroxylation sites is 2. The van der Waals surface area contributed by atoms with E-state index in [1.165, 1.54) is 0 Å². The number of aromatic nitrogens is 1. The van der Waals surface area contributed by atoms with E-state index in [0.717, 1.165) is 33.4 Å². The molecule has 0 saturated carbocycles. The zero-order valence-electron chi connectivity index (χ0n) is 12.0. The lowest BCUT2D eigenvalue weighted by molar-refractivity contribution is 0.0929. The van der Waals surface area contributed by atoms with Crippen molar-refractivity contribution in [3.8, 4) is 0 Å². The lowest BCUT2D eigenvalue weighted by Gasteiger charge is -2.24. The van der Waals surface area contributed by atoms with Crippen molar-refractivity contribution in [3.63, 3.8) is 0 Å². The number of hydrogen-bond donors (Lipinski definition) is 2. The van der Waals surface area contributed by atoms with Gasteiger partial charge >= 0.3 is 0 Å². The molecule has 0 fully saturated rings. The summed E-state index contributed by atoms with van der Waals surface area (Å²) in [7, 11) is 0. The van der Waals surface area contributed by atoms with Gasteiger partial charge in [0.05, 0.1) is 0 Å². The second kappa shape index (κ2) is 3.98. The van der Waals surface area contributed by atoms with E-state index >= 15 is 0 Å². The molecule has 3 aromatic rings. The molecule has 21 heavy (non-hydrogen) atoms. The monoisotopic (exact) mass is 276 g/mol. The second-order valence-corrected chi connectivity index (χ2v) is 5.80. The summed E-state index contributed by atoms with van der Waals surface area (Å²) in [6.45, 7) is 4.00. The van der Waals surface area contributed by atoms with Gasteiger partial charge in [-0.05, 0) is 32.0 Å². The van der Waals surface area contributed by atoms with Crippen LogP contribution in [-0.4, -0.2) is 10.8 Å². The van der Waals surface area contributed by atoms with Crippen molar-refractivity contribution in [3.05, 3.63) is 65.4 Å². The summed E-state index contributed by atoms with van der Waals surface area (Å²) in [4.78, 5) is 16.3. The Hall–Kier alpha value is -2.55. The summed E-state index contributed by atoms with van der Waals surface area (Å²) in [6, 6.07) is 15.8. The number of ketones is 1. The lowest BCUT2D eigenvalue weighted by atomic mass is 9.86. The standard InChI is InChI=1S/C18H16N2O/c1-11-16(12-7-3-5-9-14(12)19-11)18(2)17(21)13-8-4-6-10-15(13)20-18/h3-10,19-20H,1-2H3. The first-order valence-electron chi connectivity index (χ1n) is 7.11. The molecule has 2 N–H and O–H groups in total. The normalized spacial score (nSPS) is 20.6. The van der Waals surface area contributed by atoms with E-state index in [0.29, 0.717) is 0 Å². The minimum atomic E-state index is -0.715. The van der Waals surface area contributed by atoms with E-state index in [1.807, 2.05) is 56.3 Å². The molecule has 1 aliphatic heterocycles. The molecular formula is C18H16N2O. The maximum atomic E-state index is 12.9. The summed E-state index contributed by atoms with van der Waals surface area (Å²) in [5.41, 5.74) is 4.11. The molecule has 3 heteroatoms. The number of carbonyl (C=O) groups excluding carboxylic acids is 1. The van der Waals surface area contributed by atoms with Gasteiger partial charge in [0.15, 0.2) is 5.78 Å². The number of anilines is 1. The van der Waals surface area contributed by atoms with E-state index in [9.17, 15) is 4.79 Å². The number of benzene rings is 2. The molecule has 2 aromatic carbocycles. The average Bonchev–Trinajstić information content (AvgIpc) is 2.95. The number of carbonyl (C=O) groups is 1. The number of hydrogen-bond acceptors (Lipinski definition) is 2. The molecule has 1 atom stereocenters. The van der Waals surface area contributed by atoms with Crippen molar-refractivity contribution in [1.82, 2.24) is 4.98 Å². The summed E-state index contributed by atoms with van der Waals surface area (Å²) < 4.78 is 0. The Kier molecular flexibility index (Phi) is 2.31. The average molecular weight is 276 g/mol. The van der Waals surface area contributed by atoms with Gasteiger partial charge in [0.2, 0.25) is 0 Å². The van der Waals surface area contributed by atoms with E-state index < -0.39 is 5.54 Å². The van der Waals surface area contributed by atoms with E-state index in [1.54, 1.807) is 0 Å². The lowest BCUT2D eigenvalue weighted by Crippen LogP contribution is -2.35. The fourth-order valence-electron chi connectivity index (χ4n) is 3.48. The molecule has 3 nitrogen and oxygen atoms in total. The molecule has 1 aliphatic rings. The minimum Gasteiger partial charge on any atom is -0.368 e. The van der Waals surface area contributed by atoms with Gasteiger partial charge in [0.25, 0.3) is 0 Å². The number of aryl methyl sites for hydroxylation is 1. The van der Waals surface area contributed by atoms with Crippen LogP contribution in [0.2, 0.25) is 0 Å². The van der Waals surface area contributed by atoms with Gasteiger partial charge in [-0.15, -0.1) is 0 Å². The Morgan fingerprint density at radius 2 is 1.71 bits per heavy atom. The summed E-state index contributed by atoms with van der Waals surface area (Å²) in [6.07, 6.45) is 0. The molecule has 1 aromatic heterocycles. The molecule has 4 rings (SSSR count). The quantitative estimate of drug-likeness (QED) is 0.705. The van der Waals surface area contributed by atoms with Gasteiger partial charge in [-0.3, -0.25) is 4.79 Å². The maximum Gasteiger partial charge on any atom is 0.194 e. The first kappa shape index (κ1) is 12.2. The molecule has 0 saturated heterocycles. The highest BCUT2D eigenvalue weighted by atomic mass is 16.1. The van der Waals surface area contributed by atoms with Crippen molar-refractivity contribution in [1.29, 1.82) is 0 Å². The third kappa shape index (κ3) is 1.51. The molecule has 0 aliphatic carbocycles. The second-order valence-electron chi connectivity index (χ2n) is 5.80. The highest BCUT2D eigenvalue weighted by Crippen LogP contribution is 2.42. The predicted molar refractivity (Wildman–Crippen MR) is 84.8 cm³/mol. The van der Waals surface area contributed by atoms with E-state index in [4.69, 9.17) is 0 Å². The topological polar surface area (TPSA) is 44.9 Å². The SMILES string of the molecule is Cc1[nH]c2ccccc2c1C1(C)Nc2ccccc2C1=O. The number of aromatic amines is 1. The molecule has 0 bridgehead atoms. The zero-order chi connectivity index (χ0) is 14.6. The van der Waals surface area contributed by atoms with Gasteiger partial charge in [0, 0.05) is 33.4 Å². The molecule has 104 valence electrons. The Labute approximate surface area is 123 Å². The highest BCUT2D eigenvalue weighted by Gasteiger charge is 2.44. The van der Waals surface area contributed by atoms with Crippen LogP contribution in [0, 0.1) is 6.92 Å². The Morgan fingerprint density at radius 1 is 1.00 bits per heavy atom. The largest absolute Gasteiger partial charge is 0.368 e. The van der Waals surface area contributed by atoms with Crippen LogP contribution in [-0.2, 0) is 5.54 Å². The van der Waals surface area contributed by atoms with Crippen LogP contribution in [0.25, 0.3) is 10.9 Å². The molecular weight excluding hydrogens is 260 g/mol. The smallest absolute Gasteiger partial charge is 0.194 e. The molecule has 2 heterocycles. The number of fused-ring (bicyclic) bond motifs is 2. The molecule has 0 amide bonds. The summed E-state index contributed by atoms with van der Waals surface area (Å²) in [5, 5.41) is 4.53. The Balaban J connectivity index is 1.98. The number of nitrogens with one attached hydrogen (secondary N) is 2. The van der Waals surface area contributed by atoms with Crippen LogP contribution in [0.1, 0.15) is 28.5 Å². The van der Waals surface area contributed by atoms with Gasteiger partial charge in [0.1, 0.15) is 5.54 Å². The maximum absolute atomic E-state index is 12.9. The van der Waals surface area contributed by atoms with Crippen LogP contribution >= 0.6 is 0 Å². The van der Waals surface area contributed by atoms with Crippen LogP contribution in [0.4, 0.5) is 5.69 Å². The van der Waals surface area contributed by atoms with Crippen LogP contribution in [0.3, 0.4) is 0 Å². The van der Waals surface area contributed by atoms with Gasteiger partial charge < -0.3 is 10.3 Å². The van der Waals surface area contributed by atoms with Crippen molar-refractivity contribution >= 4 is 22.4 Å². The van der Waals surface area contributed by atoms with Gasteiger partial charge in [-0.1, -0.05) is 30.3 Å². The van der Waals surface area contributed by atoms with Crippen LogP contribution in [0.15, 0.2) is 48.5 Å². The number of Topliss-reactive ketones (excluding diaryl/α,β-unsaturated/α-hetero) is 1. The fraction of sp³-hybridized carbons (Fsp3) is 0.167. The minimum absolute atomic E-state index is 0.131. The van der Waals surface area contributed by atoms with Crippen molar-refractivity contribution in [2.24, 2.45) is 0 Å². The molecule has 1 unspecified atom stereocenters. The third-order valence-electron chi connectivity index (χ3n) is 4.40. The third-order valence-corrected chi connectivity index (χ3v) is 4.40. The Morgan fingerprint density at radius 3 is 2.52 bits per heavy atom. The predicted octanol–water partition coefficient (Wildman–Crippen LogP) is 4.00. The summed E-state index contributed by atoms with van der Waals surface area (Å²) in [5.74, 6) is 0.131. The Bertz CT molecular complexity index is 878. The first-order chi connectivity index (χ1) is 10.1. The number of rotatable bonds is 1. The molecule has 0 radical (unpaired) electrons. The van der Waals surface area contributed by atoms with Crippen molar-refractivity contribution in [2.75, 3.05) is 5.32 Å². The first-order valence-corrected chi connectivity index (χ1v) is 7.11. The highest BCUT2D eigenvalue weighted by molar-refractivity contribution is 6.15. The summed E-state index contributed by atoms with van der Waals surface area (Å²) >= 11 is 0. The van der Waals surface area contributed by atoms with Gasteiger partial charge in [-0.2, -0.15) is 0 Å². The van der Waals surface area contributed by atoms with E-state index in [-0.39, 0.29) is 5.78 Å². The van der Waals surface area contributed by atoms with Gasteiger partial charge in [-0.25, -0.2) is 0 Å². The number of H-pyrrole nitrogens is 1. The van der Waals surface area contributed by atoms with E-state index in [2.05, 4.69) is 16.4 Å². The van der Waals surface area contributed by atoms with Crippen molar-refractivity contribution < 1.29 is 4.79 Å². The fourth-order valence-corrected chi connectivity index (χ4v) is 3.48. The van der Waals surface area contributed by atoms with Crippen LogP contribution < -0.4 is 5.32 Å². The molecule has 0 spiro atoms. The van der Waals surface area contributed by atoms with Crippen molar-refractivity contribution in [2.45, 2.75) is 19.4 Å². The van der Waals surface area contributed by atoms with Crippen LogP contribution in [0.5, 0.6) is 0 Å². The zero-order valence-corrected chi connectivity index (χ0v) is 12.0.